The zero-order chi connectivity index (χ0) is 16.1. The zero-order valence-electron chi connectivity index (χ0n) is 13.8. The van der Waals surface area contributed by atoms with E-state index in [1.165, 1.54) is 7.11 Å². The van der Waals surface area contributed by atoms with Crippen molar-refractivity contribution in [1.82, 2.24) is 4.90 Å². The van der Waals surface area contributed by atoms with Gasteiger partial charge in [-0.2, -0.15) is 0 Å². The van der Waals surface area contributed by atoms with Crippen LogP contribution in [0.5, 0.6) is 0 Å². The third-order valence-corrected chi connectivity index (χ3v) is 5.13. The van der Waals surface area contributed by atoms with Crippen LogP contribution in [0, 0.1) is 27.7 Å². The van der Waals surface area contributed by atoms with Gasteiger partial charge in [0.15, 0.2) is 0 Å². The van der Waals surface area contributed by atoms with Crippen LogP contribution in [0.15, 0.2) is 0 Å². The number of hydrogen-bond acceptors (Lipinski definition) is 3. The Bertz CT molecular complexity index is 634. The number of esters is 1. The summed E-state index contributed by atoms with van der Waals surface area (Å²) in [6.07, 6.45) is 0. The second-order valence-electron chi connectivity index (χ2n) is 5.95. The van der Waals surface area contributed by atoms with Gasteiger partial charge in [0.2, 0.25) is 0 Å². The second-order valence-corrected chi connectivity index (χ2v) is 5.95. The predicted molar refractivity (Wildman–Crippen MR) is 81.7 cm³/mol. The number of amides is 1. The molecular weight excluding hydrogens is 266 g/mol. The average Bonchev–Trinajstić information content (AvgIpc) is 2.47. The van der Waals surface area contributed by atoms with Gasteiger partial charge >= 0.3 is 5.97 Å². The van der Waals surface area contributed by atoms with Crippen molar-refractivity contribution in [3.8, 4) is 0 Å². The molecule has 1 amide bonds. The number of benzene rings is 1. The van der Waals surface area contributed by atoms with Crippen LogP contribution >= 0.6 is 0 Å². The van der Waals surface area contributed by atoms with Crippen molar-refractivity contribution in [3.05, 3.63) is 33.4 Å². The Labute approximate surface area is 126 Å². The molecule has 1 heterocycles. The maximum Gasteiger partial charge on any atom is 0.315 e. The standard InChI is InChI=1S/C17H23NO3/c1-8-9(2)11(4)14-13(10(8)3)15(17(20)21-7)12(5)18(6)16(14)19/h12,15H,1-7H3. The Morgan fingerprint density at radius 2 is 1.57 bits per heavy atom. The minimum absolute atomic E-state index is 0.0126. The number of ether oxygens (including phenoxy) is 1. The van der Waals surface area contributed by atoms with Crippen molar-refractivity contribution in [2.45, 2.75) is 46.6 Å². The van der Waals surface area contributed by atoms with Crippen molar-refractivity contribution in [2.75, 3.05) is 14.2 Å². The fourth-order valence-corrected chi connectivity index (χ4v) is 3.27. The largest absolute Gasteiger partial charge is 0.468 e. The minimum Gasteiger partial charge on any atom is -0.468 e. The molecule has 0 bridgehead atoms. The van der Waals surface area contributed by atoms with Gasteiger partial charge in [-0.1, -0.05) is 0 Å². The summed E-state index contributed by atoms with van der Waals surface area (Å²) in [6, 6.07) is -0.211. The highest BCUT2D eigenvalue weighted by Crippen LogP contribution is 2.39. The molecule has 21 heavy (non-hydrogen) atoms. The number of carbonyl (C=O) groups excluding carboxylic acids is 2. The Hall–Kier alpha value is -1.84. The Balaban J connectivity index is 2.87. The first-order valence-corrected chi connectivity index (χ1v) is 7.19. The first-order valence-electron chi connectivity index (χ1n) is 7.19. The van der Waals surface area contributed by atoms with E-state index in [2.05, 4.69) is 0 Å². The number of hydrogen-bond donors (Lipinski definition) is 0. The number of nitrogens with zero attached hydrogens (tertiary/aromatic N) is 1. The predicted octanol–water partition coefficient (Wildman–Crippen LogP) is 2.65. The molecule has 0 saturated carbocycles. The van der Waals surface area contributed by atoms with Crippen LogP contribution in [0.1, 0.15) is 51.0 Å². The summed E-state index contributed by atoms with van der Waals surface area (Å²) in [6.45, 7) is 9.90. The molecule has 1 aliphatic rings. The fourth-order valence-electron chi connectivity index (χ4n) is 3.27. The summed E-state index contributed by atoms with van der Waals surface area (Å²) in [5.41, 5.74) is 5.77. The molecule has 1 aliphatic heterocycles. The van der Waals surface area contributed by atoms with E-state index in [4.69, 9.17) is 4.74 Å². The van der Waals surface area contributed by atoms with Crippen molar-refractivity contribution < 1.29 is 14.3 Å². The number of carbonyl (C=O) groups is 2. The molecule has 4 heteroatoms. The van der Waals surface area contributed by atoms with Gasteiger partial charge in [0.25, 0.3) is 5.91 Å². The highest BCUT2D eigenvalue weighted by molar-refractivity contribution is 6.02. The molecule has 0 aromatic heterocycles. The molecule has 0 aliphatic carbocycles. The summed E-state index contributed by atoms with van der Waals surface area (Å²) >= 11 is 0. The van der Waals surface area contributed by atoms with Crippen molar-refractivity contribution in [1.29, 1.82) is 0 Å². The van der Waals surface area contributed by atoms with E-state index in [1.54, 1.807) is 11.9 Å². The number of rotatable bonds is 1. The van der Waals surface area contributed by atoms with Crippen LogP contribution in [0.4, 0.5) is 0 Å². The van der Waals surface area contributed by atoms with E-state index in [1.807, 2.05) is 34.6 Å². The first-order chi connectivity index (χ1) is 9.73. The lowest BCUT2D eigenvalue weighted by Gasteiger charge is -2.39. The number of methoxy groups -OCH3 is 1. The lowest BCUT2D eigenvalue weighted by Crippen LogP contribution is -2.47. The topological polar surface area (TPSA) is 46.6 Å². The molecule has 2 rings (SSSR count). The highest BCUT2D eigenvalue weighted by Gasteiger charge is 2.42. The van der Waals surface area contributed by atoms with Crippen molar-refractivity contribution >= 4 is 11.9 Å². The Morgan fingerprint density at radius 1 is 1.05 bits per heavy atom. The summed E-state index contributed by atoms with van der Waals surface area (Å²) in [4.78, 5) is 26.6. The van der Waals surface area contributed by atoms with Crippen LogP contribution in [-0.2, 0) is 9.53 Å². The molecule has 4 nitrogen and oxygen atoms in total. The molecule has 0 fully saturated rings. The summed E-state index contributed by atoms with van der Waals surface area (Å²) in [5.74, 6) is -0.721. The first kappa shape index (κ1) is 15.5. The smallest absolute Gasteiger partial charge is 0.315 e. The van der Waals surface area contributed by atoms with Crippen LogP contribution in [0.2, 0.25) is 0 Å². The van der Waals surface area contributed by atoms with Crippen molar-refractivity contribution in [2.24, 2.45) is 0 Å². The van der Waals surface area contributed by atoms with Gasteiger partial charge in [-0.15, -0.1) is 0 Å². The van der Waals surface area contributed by atoms with Crippen LogP contribution < -0.4 is 0 Å². The minimum atomic E-state index is -0.425. The normalized spacial score (nSPS) is 21.3. The molecule has 0 spiro atoms. The van der Waals surface area contributed by atoms with Gasteiger partial charge in [-0.05, 0) is 62.4 Å². The SMILES string of the molecule is COC(=O)C1c2c(C)c(C)c(C)c(C)c2C(=O)N(C)C1C. The lowest BCUT2D eigenvalue weighted by atomic mass is 9.77. The van der Waals surface area contributed by atoms with Crippen LogP contribution in [-0.4, -0.2) is 37.0 Å². The maximum atomic E-state index is 12.7. The van der Waals surface area contributed by atoms with Crippen LogP contribution in [0.25, 0.3) is 0 Å². The summed E-state index contributed by atoms with van der Waals surface area (Å²) in [7, 11) is 3.14. The highest BCUT2D eigenvalue weighted by atomic mass is 16.5. The molecule has 0 N–H and O–H groups in total. The summed E-state index contributed by atoms with van der Waals surface area (Å²) in [5, 5.41) is 0. The molecule has 1 aromatic carbocycles. The van der Waals surface area contributed by atoms with E-state index in [0.717, 1.165) is 27.8 Å². The molecule has 2 unspecified atom stereocenters. The average molecular weight is 289 g/mol. The van der Waals surface area contributed by atoms with Crippen LogP contribution in [0.3, 0.4) is 0 Å². The summed E-state index contributed by atoms with van der Waals surface area (Å²) < 4.78 is 4.99. The number of fused-ring (bicyclic) bond motifs is 1. The molecular formula is C17H23NO3. The second kappa shape index (κ2) is 5.17. The zero-order valence-corrected chi connectivity index (χ0v) is 13.8. The van der Waals surface area contributed by atoms with E-state index >= 15 is 0 Å². The van der Waals surface area contributed by atoms with Gasteiger partial charge in [0, 0.05) is 18.7 Å². The van der Waals surface area contributed by atoms with Gasteiger partial charge < -0.3 is 9.64 Å². The van der Waals surface area contributed by atoms with Crippen molar-refractivity contribution in [3.63, 3.8) is 0 Å². The van der Waals surface area contributed by atoms with Gasteiger partial charge in [-0.25, -0.2) is 0 Å². The van der Waals surface area contributed by atoms with E-state index in [9.17, 15) is 9.59 Å². The fraction of sp³-hybridized carbons (Fsp3) is 0.529. The van der Waals surface area contributed by atoms with E-state index in [0.29, 0.717) is 5.56 Å². The third-order valence-electron chi connectivity index (χ3n) is 5.13. The Morgan fingerprint density at radius 3 is 2.10 bits per heavy atom. The van der Waals surface area contributed by atoms with E-state index in [-0.39, 0.29) is 17.9 Å². The molecule has 0 saturated heterocycles. The lowest BCUT2D eigenvalue weighted by molar-refractivity contribution is -0.143. The monoisotopic (exact) mass is 289 g/mol. The molecule has 0 radical (unpaired) electrons. The molecule has 114 valence electrons. The maximum absolute atomic E-state index is 12.7. The van der Waals surface area contributed by atoms with Gasteiger partial charge in [0.1, 0.15) is 5.92 Å². The molecule has 2 atom stereocenters. The number of likely N-dealkylation sites (N-methyl/N-ethyl adjacent to an activating group) is 1. The van der Waals surface area contributed by atoms with Gasteiger partial charge in [-0.3, -0.25) is 9.59 Å². The Kier molecular flexibility index (Phi) is 3.83. The molecule has 1 aromatic rings. The third kappa shape index (κ3) is 2.04. The quantitative estimate of drug-likeness (QED) is 0.747. The van der Waals surface area contributed by atoms with E-state index < -0.39 is 5.92 Å². The van der Waals surface area contributed by atoms with Gasteiger partial charge in [0.05, 0.1) is 7.11 Å².